The highest BCUT2D eigenvalue weighted by molar-refractivity contribution is 8.16. The van der Waals surface area contributed by atoms with E-state index in [1.54, 1.807) is 0 Å². The van der Waals surface area contributed by atoms with Crippen LogP contribution in [0, 0.1) is 5.92 Å². The quantitative estimate of drug-likeness (QED) is 0.614. The first-order valence-corrected chi connectivity index (χ1v) is 11.5. The lowest BCUT2D eigenvalue weighted by atomic mass is 10.1. The number of anilines is 1. The van der Waals surface area contributed by atoms with Gasteiger partial charge in [0.2, 0.25) is 0 Å². The number of alkyl halides is 6. The number of carbonyl (C=O) groups is 1. The molecule has 1 aromatic carbocycles. The van der Waals surface area contributed by atoms with Crippen LogP contribution in [0.4, 0.5) is 32.0 Å². The maximum Gasteiger partial charge on any atom is 0.416 e. The number of amides is 1. The molecule has 1 amide bonds. The molecule has 30 heavy (non-hydrogen) atoms. The van der Waals surface area contributed by atoms with Gasteiger partial charge in [0, 0.05) is 16.9 Å². The summed E-state index contributed by atoms with van der Waals surface area (Å²) in [6.07, 6.45) is -8.87. The number of rotatable bonds is 2. The second kappa shape index (κ2) is 6.87. The van der Waals surface area contributed by atoms with Crippen molar-refractivity contribution in [2.45, 2.75) is 36.5 Å². The molecule has 3 aliphatic rings. The van der Waals surface area contributed by atoms with Crippen LogP contribution >= 0.6 is 11.8 Å². The van der Waals surface area contributed by atoms with Gasteiger partial charge in [0.15, 0.2) is 15.0 Å². The van der Waals surface area contributed by atoms with Gasteiger partial charge in [-0.25, -0.2) is 8.42 Å². The molecule has 2 atom stereocenters. The molecule has 3 fully saturated rings. The largest absolute Gasteiger partial charge is 0.416 e. The van der Waals surface area contributed by atoms with E-state index >= 15 is 0 Å². The Morgan fingerprint density at radius 2 is 1.57 bits per heavy atom. The first kappa shape index (κ1) is 21.5. The Hall–Kier alpha value is -1.76. The van der Waals surface area contributed by atoms with E-state index in [9.17, 15) is 39.6 Å². The number of amidine groups is 1. The fraction of sp³-hybridized carbons (Fsp3) is 0.529. The molecular weight excluding hydrogens is 458 g/mol. The lowest BCUT2D eigenvalue weighted by Crippen LogP contribution is -2.38. The van der Waals surface area contributed by atoms with Crippen LogP contribution in [0.25, 0.3) is 0 Å². The van der Waals surface area contributed by atoms with Crippen LogP contribution in [0.3, 0.4) is 0 Å². The number of fused-ring (bicyclic) bond motifs is 1. The summed E-state index contributed by atoms with van der Waals surface area (Å²) in [6.45, 7) is 0. The smallest absolute Gasteiger partial charge is 0.316 e. The van der Waals surface area contributed by atoms with Crippen molar-refractivity contribution < 1.29 is 39.6 Å². The minimum atomic E-state index is -5.05. The topological polar surface area (TPSA) is 66.8 Å². The molecule has 0 unspecified atom stereocenters. The Morgan fingerprint density at radius 1 is 1.00 bits per heavy atom. The second-order valence-electron chi connectivity index (χ2n) is 7.44. The number of halogens is 6. The van der Waals surface area contributed by atoms with Gasteiger partial charge in [-0.05, 0) is 31.0 Å². The number of carbonyl (C=O) groups excluding carboxylic acids is 1. The van der Waals surface area contributed by atoms with Crippen molar-refractivity contribution in [1.82, 2.24) is 0 Å². The van der Waals surface area contributed by atoms with Gasteiger partial charge in [-0.3, -0.25) is 4.79 Å². The first-order chi connectivity index (χ1) is 13.7. The van der Waals surface area contributed by atoms with Gasteiger partial charge < -0.3 is 4.90 Å². The fourth-order valence-electron chi connectivity index (χ4n) is 3.46. The average Bonchev–Trinajstić information content (AvgIpc) is 3.33. The molecule has 2 heterocycles. The minimum Gasteiger partial charge on any atom is -0.316 e. The lowest BCUT2D eigenvalue weighted by molar-refractivity contribution is -0.143. The van der Waals surface area contributed by atoms with E-state index in [0.717, 1.165) is 16.7 Å². The number of sulfone groups is 1. The molecule has 0 radical (unpaired) electrons. The van der Waals surface area contributed by atoms with E-state index in [-0.39, 0.29) is 22.9 Å². The molecule has 164 valence electrons. The number of benzene rings is 1. The zero-order valence-electron chi connectivity index (χ0n) is 15.0. The highest BCUT2D eigenvalue weighted by Gasteiger charge is 2.50. The normalized spacial score (nSPS) is 27.5. The predicted octanol–water partition coefficient (Wildman–Crippen LogP) is 3.74. The molecule has 2 aliphatic heterocycles. The van der Waals surface area contributed by atoms with Crippen molar-refractivity contribution in [3.05, 3.63) is 29.3 Å². The van der Waals surface area contributed by atoms with Crippen LogP contribution in [0.5, 0.6) is 0 Å². The fourth-order valence-corrected chi connectivity index (χ4v) is 7.38. The Balaban J connectivity index is 1.84. The third kappa shape index (κ3) is 4.18. The average molecular weight is 472 g/mol. The standard InChI is InChI=1S/C17H14F6N2O3S2/c18-16(19,20)9-3-10(17(21,22)23)5-11(4-9)25-12-6-30(27,28)7-13(12)29-15(25)24-14(26)8-1-2-8/h3-5,8,12-13H,1-2,6-7H2/t12-,13-/m0/s1. The summed E-state index contributed by atoms with van der Waals surface area (Å²) >= 11 is 0.900. The third-order valence-electron chi connectivity index (χ3n) is 5.05. The maximum atomic E-state index is 13.3. The molecule has 0 bridgehead atoms. The zero-order chi connectivity index (χ0) is 22.1. The molecule has 0 aromatic heterocycles. The van der Waals surface area contributed by atoms with Gasteiger partial charge in [-0.15, -0.1) is 0 Å². The molecule has 1 aliphatic carbocycles. The van der Waals surface area contributed by atoms with E-state index in [0.29, 0.717) is 25.0 Å². The van der Waals surface area contributed by atoms with Gasteiger partial charge in [-0.1, -0.05) is 11.8 Å². The number of aliphatic imine (C=N–C) groups is 1. The monoisotopic (exact) mass is 472 g/mol. The Labute approximate surface area is 171 Å². The number of hydrogen-bond acceptors (Lipinski definition) is 4. The van der Waals surface area contributed by atoms with E-state index in [1.165, 1.54) is 0 Å². The summed E-state index contributed by atoms with van der Waals surface area (Å²) in [5.74, 6) is -1.55. The molecular formula is C17H14F6N2O3S2. The molecule has 0 N–H and O–H groups in total. The van der Waals surface area contributed by atoms with Crippen LogP contribution in [0.15, 0.2) is 23.2 Å². The van der Waals surface area contributed by atoms with Crippen molar-refractivity contribution >= 4 is 38.4 Å². The molecule has 4 rings (SSSR count). The summed E-state index contributed by atoms with van der Waals surface area (Å²) < 4.78 is 104. The van der Waals surface area contributed by atoms with Crippen molar-refractivity contribution in [3.8, 4) is 0 Å². The van der Waals surface area contributed by atoms with Gasteiger partial charge in [0.1, 0.15) is 0 Å². The summed E-state index contributed by atoms with van der Waals surface area (Å²) in [5, 5.41) is -0.700. The molecule has 0 spiro atoms. The summed E-state index contributed by atoms with van der Waals surface area (Å²) in [5.41, 5.74) is -3.53. The number of nitrogens with zero attached hydrogens (tertiary/aromatic N) is 2. The Kier molecular flexibility index (Phi) is 4.92. The second-order valence-corrected chi connectivity index (χ2v) is 10.8. The predicted molar refractivity (Wildman–Crippen MR) is 97.9 cm³/mol. The molecule has 1 aromatic rings. The minimum absolute atomic E-state index is 0.00174. The summed E-state index contributed by atoms with van der Waals surface area (Å²) in [7, 11) is -3.53. The van der Waals surface area contributed by atoms with E-state index in [2.05, 4.69) is 4.99 Å². The highest BCUT2D eigenvalue weighted by Crippen LogP contribution is 2.45. The van der Waals surface area contributed by atoms with E-state index in [1.807, 2.05) is 0 Å². The number of hydrogen-bond donors (Lipinski definition) is 0. The Bertz CT molecular complexity index is 999. The van der Waals surface area contributed by atoms with E-state index in [4.69, 9.17) is 0 Å². The number of thioether (sulfide) groups is 1. The molecule has 13 heteroatoms. The molecule has 1 saturated carbocycles. The van der Waals surface area contributed by atoms with Gasteiger partial charge in [-0.2, -0.15) is 31.3 Å². The SMILES string of the molecule is O=C(N=C1S[C@H]2CS(=O)(=O)C[C@@H]2N1c1cc(C(F)(F)F)cc(C(F)(F)F)c1)C1CC1. The van der Waals surface area contributed by atoms with Crippen molar-refractivity contribution in [3.63, 3.8) is 0 Å². The summed E-state index contributed by atoms with van der Waals surface area (Å²) in [4.78, 5) is 17.1. The third-order valence-corrected chi connectivity index (χ3v) is 8.26. The van der Waals surface area contributed by atoms with Gasteiger partial charge in [0.05, 0.1) is 28.7 Å². The molecule has 2 saturated heterocycles. The van der Waals surface area contributed by atoms with Crippen LogP contribution in [-0.4, -0.2) is 42.3 Å². The van der Waals surface area contributed by atoms with Gasteiger partial charge >= 0.3 is 12.4 Å². The molecule has 5 nitrogen and oxygen atoms in total. The van der Waals surface area contributed by atoms with Crippen molar-refractivity contribution in [1.29, 1.82) is 0 Å². The van der Waals surface area contributed by atoms with Crippen LogP contribution in [-0.2, 0) is 27.0 Å². The highest BCUT2D eigenvalue weighted by atomic mass is 32.2. The maximum absolute atomic E-state index is 13.3. The summed E-state index contributed by atoms with van der Waals surface area (Å²) in [6, 6.07) is 0.151. The van der Waals surface area contributed by atoms with Crippen LogP contribution in [0.2, 0.25) is 0 Å². The lowest BCUT2D eigenvalue weighted by Gasteiger charge is -2.26. The van der Waals surface area contributed by atoms with Crippen molar-refractivity contribution in [2.75, 3.05) is 16.4 Å². The van der Waals surface area contributed by atoms with Crippen molar-refractivity contribution in [2.24, 2.45) is 10.9 Å². The zero-order valence-corrected chi connectivity index (χ0v) is 16.6. The van der Waals surface area contributed by atoms with Crippen LogP contribution in [0.1, 0.15) is 24.0 Å². The first-order valence-electron chi connectivity index (χ1n) is 8.83. The van der Waals surface area contributed by atoms with E-state index < -0.39 is 62.0 Å². The Morgan fingerprint density at radius 3 is 2.07 bits per heavy atom. The van der Waals surface area contributed by atoms with Crippen LogP contribution < -0.4 is 4.90 Å². The van der Waals surface area contributed by atoms with Gasteiger partial charge in [0.25, 0.3) is 5.91 Å².